The third kappa shape index (κ3) is 5.43. The molecule has 35 heavy (non-hydrogen) atoms. The predicted molar refractivity (Wildman–Crippen MR) is 144 cm³/mol. The summed E-state index contributed by atoms with van der Waals surface area (Å²) in [6.45, 7) is 3.15. The summed E-state index contributed by atoms with van der Waals surface area (Å²) in [5.41, 5.74) is 7.65. The number of carbonyl (C=O) groups is 1. The summed E-state index contributed by atoms with van der Waals surface area (Å²) in [5, 5.41) is 2.59. The highest BCUT2D eigenvalue weighted by atomic mass is 35.5. The Kier molecular flexibility index (Phi) is 8.23. The van der Waals surface area contributed by atoms with Crippen LogP contribution >= 0.6 is 34.5 Å². The number of halogens is 2. The molecule has 1 atom stereocenters. The molecule has 2 heterocycles. The Hall–Kier alpha value is -2.71. The zero-order valence-corrected chi connectivity index (χ0v) is 21.6. The van der Waals surface area contributed by atoms with Crippen LogP contribution in [0.3, 0.4) is 0 Å². The van der Waals surface area contributed by atoms with Crippen molar-refractivity contribution < 1.29 is 4.79 Å². The van der Waals surface area contributed by atoms with E-state index in [0.29, 0.717) is 59.1 Å². The molecule has 182 valence electrons. The minimum atomic E-state index is -0.457. The molecule has 4 aromatic rings. The molecule has 2 aromatic heterocycles. The van der Waals surface area contributed by atoms with Crippen LogP contribution in [0.4, 0.5) is 0 Å². The molecule has 9 heteroatoms. The van der Waals surface area contributed by atoms with Gasteiger partial charge < -0.3 is 10.6 Å². The Balaban J connectivity index is 1.85. The Bertz CT molecular complexity index is 1390. The van der Waals surface area contributed by atoms with E-state index in [1.54, 1.807) is 27.7 Å². The second kappa shape index (κ2) is 11.4. The average Bonchev–Trinajstić information content (AvgIpc) is 3.33. The van der Waals surface area contributed by atoms with Crippen LogP contribution in [0.2, 0.25) is 10.0 Å². The molecule has 0 fully saturated rings. The summed E-state index contributed by atoms with van der Waals surface area (Å²) in [7, 11) is 0. The Morgan fingerprint density at radius 1 is 1.17 bits per heavy atom. The minimum absolute atomic E-state index is 0.113. The first-order valence-corrected chi connectivity index (χ1v) is 13.1. The number of thiophene rings is 1. The average molecular weight is 529 g/mol. The summed E-state index contributed by atoms with van der Waals surface area (Å²) < 4.78 is 2.29. The highest BCUT2D eigenvalue weighted by molar-refractivity contribution is 7.17. The second-order valence-corrected chi connectivity index (χ2v) is 9.93. The molecule has 0 spiro atoms. The molecule has 2 aromatic carbocycles. The first-order chi connectivity index (χ1) is 16.9. The molecule has 6 nitrogen and oxygen atoms in total. The molecular weight excluding hydrogens is 503 g/mol. The van der Waals surface area contributed by atoms with Gasteiger partial charge in [0.05, 0.1) is 28.7 Å². The van der Waals surface area contributed by atoms with Crippen molar-refractivity contribution in [3.63, 3.8) is 0 Å². The van der Waals surface area contributed by atoms with Crippen LogP contribution in [0.25, 0.3) is 10.2 Å². The molecule has 0 aliphatic heterocycles. The molecular formula is C26H26Cl2N4O2S. The topological polar surface area (TPSA) is 81.2 Å². The van der Waals surface area contributed by atoms with Crippen molar-refractivity contribution in [1.82, 2.24) is 14.5 Å². The van der Waals surface area contributed by atoms with Crippen LogP contribution < -0.4 is 11.3 Å². The van der Waals surface area contributed by atoms with Gasteiger partial charge in [-0.1, -0.05) is 60.5 Å². The normalized spacial score (nSPS) is 12.1. The van der Waals surface area contributed by atoms with Crippen molar-refractivity contribution in [2.24, 2.45) is 5.73 Å². The molecule has 2 N–H and O–H groups in total. The highest BCUT2D eigenvalue weighted by Crippen LogP contribution is 2.30. The molecule has 0 aliphatic rings. The summed E-state index contributed by atoms with van der Waals surface area (Å²) in [4.78, 5) is 34.0. The van der Waals surface area contributed by atoms with Gasteiger partial charge in [0.25, 0.3) is 11.5 Å². The third-order valence-corrected chi connectivity index (χ3v) is 7.30. The van der Waals surface area contributed by atoms with Crippen LogP contribution in [-0.2, 0) is 6.54 Å². The number of nitrogens with zero attached hydrogens (tertiary/aromatic N) is 3. The van der Waals surface area contributed by atoms with Crippen molar-refractivity contribution in [3.8, 4) is 0 Å². The lowest BCUT2D eigenvalue weighted by molar-refractivity contribution is 0.0656. The van der Waals surface area contributed by atoms with Gasteiger partial charge in [-0.2, -0.15) is 0 Å². The molecule has 1 amide bonds. The molecule has 0 saturated heterocycles. The number of hydrogen-bond donors (Lipinski definition) is 1. The van der Waals surface area contributed by atoms with Gasteiger partial charge >= 0.3 is 0 Å². The summed E-state index contributed by atoms with van der Waals surface area (Å²) in [5.74, 6) is 0.292. The summed E-state index contributed by atoms with van der Waals surface area (Å²) in [6.07, 6.45) is 1.15. The number of nitrogens with two attached hydrogens (primary N) is 1. The first-order valence-electron chi connectivity index (χ1n) is 11.4. The number of carbonyl (C=O) groups excluding carboxylic acids is 1. The standard InChI is InChI=1S/C26H26Cl2N4O2S/c1-2-22(31(13-6-12-29)25(33)19-10-9-18(27)15-20(19)28)24-30-21-11-14-35-23(21)26(34)32(24)16-17-7-4-3-5-8-17/h3-5,7-11,14-15,22H,2,6,12-13,16,29H2,1H3. The number of aromatic nitrogens is 2. The van der Waals surface area contributed by atoms with Gasteiger partial charge in [0.2, 0.25) is 0 Å². The fourth-order valence-corrected chi connectivity index (χ4v) is 5.42. The summed E-state index contributed by atoms with van der Waals surface area (Å²) in [6, 6.07) is 16.0. The zero-order chi connectivity index (χ0) is 24.9. The quantitative estimate of drug-likeness (QED) is 0.299. The van der Waals surface area contributed by atoms with Gasteiger partial charge in [0.1, 0.15) is 10.5 Å². The predicted octanol–water partition coefficient (Wildman–Crippen LogP) is 5.76. The third-order valence-electron chi connectivity index (χ3n) is 5.87. The Morgan fingerprint density at radius 2 is 1.94 bits per heavy atom. The number of rotatable bonds is 9. The van der Waals surface area contributed by atoms with Crippen molar-refractivity contribution in [1.29, 1.82) is 0 Å². The van der Waals surface area contributed by atoms with Crippen LogP contribution in [0.15, 0.2) is 64.8 Å². The number of fused-ring (bicyclic) bond motifs is 1. The Labute approximate surface area is 217 Å². The minimum Gasteiger partial charge on any atom is -0.330 e. The Morgan fingerprint density at radius 3 is 2.63 bits per heavy atom. The molecule has 0 saturated carbocycles. The summed E-state index contributed by atoms with van der Waals surface area (Å²) >= 11 is 13.8. The molecule has 1 unspecified atom stereocenters. The van der Waals surface area contributed by atoms with Gasteiger partial charge in [-0.25, -0.2) is 4.98 Å². The van der Waals surface area contributed by atoms with E-state index in [4.69, 9.17) is 33.9 Å². The number of hydrogen-bond acceptors (Lipinski definition) is 5. The van der Waals surface area contributed by atoms with Crippen LogP contribution in [0, 0.1) is 0 Å². The second-order valence-electron chi connectivity index (χ2n) is 8.17. The van der Waals surface area contributed by atoms with Crippen molar-refractivity contribution in [3.05, 3.63) is 97.3 Å². The zero-order valence-electron chi connectivity index (χ0n) is 19.3. The smallest absolute Gasteiger partial charge is 0.271 e. The SMILES string of the molecule is CCC(c1nc2ccsc2c(=O)n1Cc1ccccc1)N(CCCN)C(=O)c1ccc(Cl)cc1Cl. The monoisotopic (exact) mass is 528 g/mol. The van der Waals surface area contributed by atoms with Gasteiger partial charge in [0.15, 0.2) is 0 Å². The molecule has 0 radical (unpaired) electrons. The van der Waals surface area contributed by atoms with E-state index in [1.807, 2.05) is 48.7 Å². The lowest BCUT2D eigenvalue weighted by atomic mass is 10.1. The highest BCUT2D eigenvalue weighted by Gasteiger charge is 2.30. The van der Waals surface area contributed by atoms with Crippen LogP contribution in [0.5, 0.6) is 0 Å². The number of amides is 1. The molecule has 0 aliphatic carbocycles. The van der Waals surface area contributed by atoms with Crippen molar-refractivity contribution >= 4 is 50.7 Å². The van der Waals surface area contributed by atoms with Crippen LogP contribution in [0.1, 0.15) is 47.6 Å². The fourth-order valence-electron chi connectivity index (χ4n) is 4.15. The van der Waals surface area contributed by atoms with Gasteiger partial charge in [-0.3, -0.25) is 14.2 Å². The lowest BCUT2D eigenvalue weighted by Gasteiger charge is -2.32. The maximum Gasteiger partial charge on any atom is 0.271 e. The van der Waals surface area contributed by atoms with Gasteiger partial charge in [-0.05, 0) is 54.6 Å². The van der Waals surface area contributed by atoms with Gasteiger partial charge in [0, 0.05) is 11.6 Å². The maximum atomic E-state index is 13.8. The lowest BCUT2D eigenvalue weighted by Crippen LogP contribution is -2.40. The fraction of sp³-hybridized carbons (Fsp3) is 0.269. The van der Waals surface area contributed by atoms with Gasteiger partial charge in [-0.15, -0.1) is 11.3 Å². The molecule has 0 bridgehead atoms. The van der Waals surface area contributed by atoms with E-state index < -0.39 is 6.04 Å². The van der Waals surface area contributed by atoms with E-state index in [9.17, 15) is 9.59 Å². The largest absolute Gasteiger partial charge is 0.330 e. The van der Waals surface area contributed by atoms with Crippen LogP contribution in [-0.4, -0.2) is 33.4 Å². The van der Waals surface area contributed by atoms with Crippen molar-refractivity contribution in [2.45, 2.75) is 32.4 Å². The molecule has 4 rings (SSSR count). The number of benzene rings is 2. The maximum absolute atomic E-state index is 13.8. The van der Waals surface area contributed by atoms with E-state index in [-0.39, 0.29) is 16.5 Å². The van der Waals surface area contributed by atoms with E-state index in [0.717, 1.165) is 5.56 Å². The van der Waals surface area contributed by atoms with Crippen molar-refractivity contribution in [2.75, 3.05) is 13.1 Å². The van der Waals surface area contributed by atoms with E-state index in [1.165, 1.54) is 11.3 Å². The van der Waals surface area contributed by atoms with E-state index >= 15 is 0 Å². The van der Waals surface area contributed by atoms with E-state index in [2.05, 4.69) is 0 Å². The first kappa shape index (κ1) is 25.4.